The molecule has 0 aliphatic carbocycles. The molecule has 1 aromatic heterocycles. The van der Waals surface area contributed by atoms with Crippen LogP contribution in [-0.4, -0.2) is 35.6 Å². The van der Waals surface area contributed by atoms with Gasteiger partial charge in [0.15, 0.2) is 0 Å². The van der Waals surface area contributed by atoms with Crippen LogP contribution >= 0.6 is 11.3 Å². The van der Waals surface area contributed by atoms with Crippen LogP contribution in [0.5, 0.6) is 0 Å². The first-order valence-corrected chi connectivity index (χ1v) is 7.07. The fourth-order valence-electron chi connectivity index (χ4n) is 1.95. The van der Waals surface area contributed by atoms with Gasteiger partial charge in [-0.05, 0) is 31.5 Å². The molecule has 0 bridgehead atoms. The summed E-state index contributed by atoms with van der Waals surface area (Å²) in [6.07, 6.45) is 0.554. The number of rotatable bonds is 5. The Bertz CT molecular complexity index is 582. The standard InChI is InChI=1S/C14H16FNO2S/c1-2-16(7-4-8-17)14(18)13-9-10-11(15)5-3-6-12(10)19-13/h3,5-6,9,17H,2,4,7-8H2,1H3. The second kappa shape index (κ2) is 6.12. The van der Waals surface area contributed by atoms with Crippen LogP contribution in [0.25, 0.3) is 10.1 Å². The van der Waals surface area contributed by atoms with Gasteiger partial charge in [0.1, 0.15) is 5.82 Å². The maximum atomic E-state index is 13.6. The minimum atomic E-state index is -0.300. The molecule has 19 heavy (non-hydrogen) atoms. The fourth-order valence-corrected chi connectivity index (χ4v) is 2.99. The molecule has 0 unspecified atom stereocenters. The van der Waals surface area contributed by atoms with Crippen molar-refractivity contribution in [3.05, 3.63) is 35.0 Å². The van der Waals surface area contributed by atoms with E-state index in [1.165, 1.54) is 17.4 Å². The number of halogens is 1. The SMILES string of the molecule is CCN(CCCO)C(=O)c1cc2c(F)cccc2s1. The van der Waals surface area contributed by atoms with Crippen molar-refractivity contribution in [2.24, 2.45) is 0 Å². The number of carbonyl (C=O) groups is 1. The van der Waals surface area contributed by atoms with E-state index in [1.54, 1.807) is 17.0 Å². The Morgan fingerprint density at radius 1 is 1.47 bits per heavy atom. The summed E-state index contributed by atoms with van der Waals surface area (Å²) in [7, 11) is 0. The quantitative estimate of drug-likeness (QED) is 0.915. The highest BCUT2D eigenvalue weighted by atomic mass is 32.1. The van der Waals surface area contributed by atoms with Gasteiger partial charge in [0.05, 0.1) is 4.88 Å². The van der Waals surface area contributed by atoms with E-state index in [1.807, 2.05) is 13.0 Å². The Morgan fingerprint density at radius 3 is 2.89 bits per heavy atom. The van der Waals surface area contributed by atoms with E-state index in [2.05, 4.69) is 0 Å². The summed E-state index contributed by atoms with van der Waals surface area (Å²) in [5, 5.41) is 9.32. The van der Waals surface area contributed by atoms with Gasteiger partial charge in [-0.2, -0.15) is 0 Å². The molecule has 2 rings (SSSR count). The van der Waals surface area contributed by atoms with E-state index in [-0.39, 0.29) is 18.3 Å². The van der Waals surface area contributed by atoms with Gasteiger partial charge in [0.25, 0.3) is 5.91 Å². The van der Waals surface area contributed by atoms with Crippen LogP contribution in [0.3, 0.4) is 0 Å². The topological polar surface area (TPSA) is 40.5 Å². The molecule has 1 aromatic carbocycles. The fraction of sp³-hybridized carbons (Fsp3) is 0.357. The van der Waals surface area contributed by atoms with Gasteiger partial charge in [-0.25, -0.2) is 4.39 Å². The largest absolute Gasteiger partial charge is 0.396 e. The molecule has 3 nitrogen and oxygen atoms in total. The van der Waals surface area contributed by atoms with E-state index in [0.29, 0.717) is 29.8 Å². The van der Waals surface area contributed by atoms with Crippen molar-refractivity contribution in [3.8, 4) is 0 Å². The lowest BCUT2D eigenvalue weighted by atomic mass is 10.2. The van der Waals surface area contributed by atoms with Crippen LogP contribution in [-0.2, 0) is 0 Å². The van der Waals surface area contributed by atoms with Crippen LogP contribution in [0.1, 0.15) is 23.0 Å². The molecule has 1 amide bonds. The average Bonchev–Trinajstić information content (AvgIpc) is 2.85. The summed E-state index contributed by atoms with van der Waals surface area (Å²) in [6.45, 7) is 3.05. The first-order chi connectivity index (χ1) is 9.17. The summed E-state index contributed by atoms with van der Waals surface area (Å²) in [6, 6.07) is 6.46. The molecule has 2 aromatic rings. The van der Waals surface area contributed by atoms with E-state index < -0.39 is 0 Å². The maximum Gasteiger partial charge on any atom is 0.263 e. The summed E-state index contributed by atoms with van der Waals surface area (Å²) in [5.74, 6) is -0.400. The maximum absolute atomic E-state index is 13.6. The first kappa shape index (κ1) is 14.0. The third-order valence-electron chi connectivity index (χ3n) is 2.97. The van der Waals surface area contributed by atoms with Crippen molar-refractivity contribution < 1.29 is 14.3 Å². The van der Waals surface area contributed by atoms with Crippen molar-refractivity contribution >= 4 is 27.3 Å². The van der Waals surface area contributed by atoms with Crippen molar-refractivity contribution in [1.29, 1.82) is 0 Å². The molecule has 0 saturated heterocycles. The normalized spacial score (nSPS) is 10.9. The van der Waals surface area contributed by atoms with Crippen LogP contribution in [0.2, 0.25) is 0 Å². The van der Waals surface area contributed by atoms with Gasteiger partial charge >= 0.3 is 0 Å². The minimum Gasteiger partial charge on any atom is -0.396 e. The molecule has 0 radical (unpaired) electrons. The Kier molecular flexibility index (Phi) is 4.50. The molecule has 0 aliphatic rings. The van der Waals surface area contributed by atoms with Crippen molar-refractivity contribution in [2.75, 3.05) is 19.7 Å². The van der Waals surface area contributed by atoms with E-state index >= 15 is 0 Å². The molecular formula is C14H16FNO2S. The number of fused-ring (bicyclic) bond motifs is 1. The molecule has 0 atom stereocenters. The Balaban J connectivity index is 2.27. The first-order valence-electron chi connectivity index (χ1n) is 6.25. The van der Waals surface area contributed by atoms with E-state index in [4.69, 9.17) is 5.11 Å². The van der Waals surface area contributed by atoms with Crippen molar-refractivity contribution in [3.63, 3.8) is 0 Å². The molecule has 1 N–H and O–H groups in total. The highest BCUT2D eigenvalue weighted by molar-refractivity contribution is 7.20. The predicted molar refractivity (Wildman–Crippen MR) is 75.1 cm³/mol. The second-order valence-electron chi connectivity index (χ2n) is 4.22. The zero-order valence-corrected chi connectivity index (χ0v) is 11.5. The van der Waals surface area contributed by atoms with Crippen LogP contribution in [0, 0.1) is 5.82 Å². The lowest BCUT2D eigenvalue weighted by Gasteiger charge is -2.19. The number of hydrogen-bond donors (Lipinski definition) is 1. The van der Waals surface area contributed by atoms with Gasteiger partial charge in [-0.1, -0.05) is 6.07 Å². The Morgan fingerprint density at radius 2 is 2.26 bits per heavy atom. The predicted octanol–water partition coefficient (Wildman–Crippen LogP) is 2.88. The van der Waals surface area contributed by atoms with Crippen LogP contribution in [0.4, 0.5) is 4.39 Å². The molecule has 0 spiro atoms. The Labute approximate surface area is 115 Å². The van der Waals surface area contributed by atoms with Crippen LogP contribution < -0.4 is 0 Å². The Hall–Kier alpha value is -1.46. The highest BCUT2D eigenvalue weighted by Crippen LogP contribution is 2.28. The molecule has 0 aliphatic heterocycles. The number of benzene rings is 1. The third kappa shape index (κ3) is 2.93. The van der Waals surface area contributed by atoms with Gasteiger partial charge in [0, 0.05) is 29.8 Å². The number of hydrogen-bond acceptors (Lipinski definition) is 3. The smallest absolute Gasteiger partial charge is 0.263 e. The summed E-state index contributed by atoms with van der Waals surface area (Å²) in [4.78, 5) is 14.5. The average molecular weight is 281 g/mol. The summed E-state index contributed by atoms with van der Waals surface area (Å²) >= 11 is 1.30. The molecular weight excluding hydrogens is 265 g/mol. The molecule has 1 heterocycles. The molecule has 0 saturated carbocycles. The number of aliphatic hydroxyl groups is 1. The summed E-state index contributed by atoms with van der Waals surface area (Å²) in [5.41, 5.74) is 0. The van der Waals surface area contributed by atoms with Gasteiger partial charge in [-0.3, -0.25) is 4.79 Å². The van der Waals surface area contributed by atoms with Gasteiger partial charge in [0.2, 0.25) is 0 Å². The lowest BCUT2D eigenvalue weighted by molar-refractivity contribution is 0.0759. The van der Waals surface area contributed by atoms with Gasteiger partial charge < -0.3 is 10.0 Å². The van der Waals surface area contributed by atoms with Crippen molar-refractivity contribution in [2.45, 2.75) is 13.3 Å². The second-order valence-corrected chi connectivity index (χ2v) is 5.31. The molecule has 0 fully saturated rings. The number of carbonyl (C=O) groups excluding carboxylic acids is 1. The lowest BCUT2D eigenvalue weighted by Crippen LogP contribution is -2.31. The third-order valence-corrected chi connectivity index (χ3v) is 4.06. The number of amides is 1. The number of thiophene rings is 1. The minimum absolute atomic E-state index is 0.0603. The van der Waals surface area contributed by atoms with E-state index in [0.717, 1.165) is 4.70 Å². The highest BCUT2D eigenvalue weighted by Gasteiger charge is 2.17. The van der Waals surface area contributed by atoms with Crippen LogP contribution in [0.15, 0.2) is 24.3 Å². The number of nitrogens with zero attached hydrogens (tertiary/aromatic N) is 1. The molecule has 102 valence electrons. The molecule has 5 heteroatoms. The van der Waals surface area contributed by atoms with E-state index in [9.17, 15) is 9.18 Å². The van der Waals surface area contributed by atoms with Gasteiger partial charge in [-0.15, -0.1) is 11.3 Å². The zero-order valence-electron chi connectivity index (χ0n) is 10.7. The van der Waals surface area contributed by atoms with Crippen molar-refractivity contribution in [1.82, 2.24) is 4.90 Å². The monoisotopic (exact) mass is 281 g/mol. The summed E-state index contributed by atoms with van der Waals surface area (Å²) < 4.78 is 14.4. The number of aliphatic hydroxyl groups excluding tert-OH is 1. The zero-order chi connectivity index (χ0) is 13.8.